The van der Waals surface area contributed by atoms with Gasteiger partial charge in [0.05, 0.1) is 6.20 Å². The van der Waals surface area contributed by atoms with Crippen molar-refractivity contribution in [2.75, 3.05) is 18.4 Å². The van der Waals surface area contributed by atoms with E-state index in [4.69, 9.17) is 4.42 Å². The highest BCUT2D eigenvalue weighted by atomic mass is 16.3. The number of amides is 1. The molecule has 2 aromatic rings. The van der Waals surface area contributed by atoms with E-state index in [1.165, 1.54) is 12.5 Å². The Morgan fingerprint density at radius 1 is 1.39 bits per heavy atom. The Bertz CT molecular complexity index is 681. The summed E-state index contributed by atoms with van der Waals surface area (Å²) in [7, 11) is 0. The summed E-state index contributed by atoms with van der Waals surface area (Å²) in [4.78, 5) is 19.8. The minimum absolute atomic E-state index is 0.149. The van der Waals surface area contributed by atoms with Crippen LogP contribution in [0.2, 0.25) is 0 Å². The molecule has 0 aromatic carbocycles. The molecule has 23 heavy (non-hydrogen) atoms. The van der Waals surface area contributed by atoms with Gasteiger partial charge in [-0.2, -0.15) is 0 Å². The molecule has 1 amide bonds. The van der Waals surface area contributed by atoms with Gasteiger partial charge in [0, 0.05) is 37.5 Å². The summed E-state index contributed by atoms with van der Waals surface area (Å²) in [6.07, 6.45) is 9.24. The Morgan fingerprint density at radius 3 is 3.00 bits per heavy atom. The summed E-state index contributed by atoms with van der Waals surface area (Å²) < 4.78 is 5.72. The van der Waals surface area contributed by atoms with Crippen LogP contribution in [0.15, 0.2) is 41.2 Å². The lowest BCUT2D eigenvalue weighted by atomic mass is 10.3. The molecule has 6 heteroatoms. The second-order valence-corrected chi connectivity index (χ2v) is 5.70. The van der Waals surface area contributed by atoms with Crippen molar-refractivity contribution in [3.8, 4) is 0 Å². The maximum Gasteiger partial charge on any atom is 0.244 e. The normalized spacial score (nSPS) is 19.7. The summed E-state index contributed by atoms with van der Waals surface area (Å²) in [5.41, 5.74) is 0. The number of anilines is 1. The number of aromatic nitrogens is 2. The van der Waals surface area contributed by atoms with Crippen LogP contribution in [-0.2, 0) is 4.79 Å². The lowest BCUT2D eigenvalue weighted by Gasteiger charge is -2.04. The lowest BCUT2D eigenvalue weighted by Crippen LogP contribution is -2.27. The summed E-state index contributed by atoms with van der Waals surface area (Å²) in [6.45, 7) is 3.30. The Hall–Kier alpha value is -2.63. The first-order valence-corrected chi connectivity index (χ1v) is 7.78. The van der Waals surface area contributed by atoms with E-state index in [9.17, 15) is 4.79 Å². The average molecular weight is 312 g/mol. The molecule has 3 rings (SSSR count). The Morgan fingerprint density at radius 2 is 2.26 bits per heavy atom. The predicted octanol–water partition coefficient (Wildman–Crippen LogP) is 2.43. The fourth-order valence-corrected chi connectivity index (χ4v) is 2.36. The fraction of sp³-hybridized carbons (Fsp3) is 0.353. The molecule has 2 aromatic heterocycles. The number of furan rings is 1. The maximum atomic E-state index is 11.7. The monoisotopic (exact) mass is 312 g/mol. The minimum atomic E-state index is -0.149. The topological polar surface area (TPSA) is 80.0 Å². The first kappa shape index (κ1) is 15.3. The largest absolute Gasteiger partial charge is 0.461 e. The standard InChI is InChI=1S/C17H20N4O2/c1-12-10-14(12)15-4-2-13(23-15)3-5-17(22)21-9-8-20-16-11-18-6-7-19-16/h2-7,11-12,14H,8-10H2,1H3,(H,19,20)(H,21,22)/b5-3+. The molecule has 1 saturated carbocycles. The Balaban J connectivity index is 1.38. The Kier molecular flexibility index (Phi) is 4.71. The van der Waals surface area contributed by atoms with Gasteiger partial charge in [-0.05, 0) is 30.5 Å². The van der Waals surface area contributed by atoms with Crippen LogP contribution in [0.5, 0.6) is 0 Å². The minimum Gasteiger partial charge on any atom is -0.461 e. The van der Waals surface area contributed by atoms with Crippen LogP contribution in [0, 0.1) is 5.92 Å². The van der Waals surface area contributed by atoms with Crippen LogP contribution in [0.25, 0.3) is 6.08 Å². The van der Waals surface area contributed by atoms with Crippen LogP contribution in [-0.4, -0.2) is 29.0 Å². The molecule has 2 N–H and O–H groups in total. The lowest BCUT2D eigenvalue weighted by molar-refractivity contribution is -0.116. The number of nitrogens with zero attached hydrogens (tertiary/aromatic N) is 2. The molecule has 0 radical (unpaired) electrons. The molecule has 1 aliphatic rings. The van der Waals surface area contributed by atoms with E-state index in [2.05, 4.69) is 27.5 Å². The molecule has 0 saturated heterocycles. The van der Waals surface area contributed by atoms with Gasteiger partial charge in [-0.1, -0.05) is 6.92 Å². The summed E-state index contributed by atoms with van der Waals surface area (Å²) in [6, 6.07) is 3.90. The zero-order valence-electron chi connectivity index (χ0n) is 13.0. The third kappa shape index (κ3) is 4.42. The third-order valence-corrected chi connectivity index (χ3v) is 3.81. The molecule has 0 spiro atoms. The highest BCUT2D eigenvalue weighted by Crippen LogP contribution is 2.47. The molecule has 1 aliphatic carbocycles. The average Bonchev–Trinajstić information content (AvgIpc) is 3.11. The molecule has 6 nitrogen and oxygen atoms in total. The Labute approximate surface area is 135 Å². The van der Waals surface area contributed by atoms with Crippen molar-refractivity contribution in [3.05, 3.63) is 48.3 Å². The molecule has 2 atom stereocenters. The molecule has 2 heterocycles. The quantitative estimate of drug-likeness (QED) is 0.606. The van der Waals surface area contributed by atoms with Gasteiger partial charge >= 0.3 is 0 Å². The number of rotatable bonds is 7. The van der Waals surface area contributed by atoms with E-state index >= 15 is 0 Å². The van der Waals surface area contributed by atoms with Crippen LogP contribution in [0.3, 0.4) is 0 Å². The summed E-state index contributed by atoms with van der Waals surface area (Å²) in [5.74, 6) is 3.54. The van der Waals surface area contributed by atoms with Crippen molar-refractivity contribution in [2.24, 2.45) is 5.92 Å². The van der Waals surface area contributed by atoms with Crippen molar-refractivity contribution < 1.29 is 9.21 Å². The van der Waals surface area contributed by atoms with Gasteiger partial charge in [-0.15, -0.1) is 0 Å². The van der Waals surface area contributed by atoms with E-state index in [1.54, 1.807) is 24.7 Å². The van der Waals surface area contributed by atoms with Crippen LogP contribution in [0.1, 0.15) is 30.8 Å². The van der Waals surface area contributed by atoms with Gasteiger partial charge in [0.15, 0.2) is 0 Å². The second-order valence-electron chi connectivity index (χ2n) is 5.70. The number of carbonyl (C=O) groups is 1. The molecule has 0 bridgehead atoms. The van der Waals surface area contributed by atoms with E-state index in [0.29, 0.717) is 36.5 Å². The van der Waals surface area contributed by atoms with Crippen LogP contribution in [0.4, 0.5) is 5.82 Å². The molecule has 1 fully saturated rings. The van der Waals surface area contributed by atoms with E-state index < -0.39 is 0 Å². The van der Waals surface area contributed by atoms with Gasteiger partial charge in [0.2, 0.25) is 5.91 Å². The van der Waals surface area contributed by atoms with Crippen molar-refractivity contribution in [1.29, 1.82) is 0 Å². The molecular formula is C17H20N4O2. The van der Waals surface area contributed by atoms with Crippen molar-refractivity contribution in [1.82, 2.24) is 15.3 Å². The fourth-order valence-electron chi connectivity index (χ4n) is 2.36. The van der Waals surface area contributed by atoms with E-state index in [-0.39, 0.29) is 5.91 Å². The SMILES string of the molecule is CC1CC1c1ccc(/C=C/C(=O)NCCNc2cnccn2)o1. The smallest absolute Gasteiger partial charge is 0.244 e. The first-order chi connectivity index (χ1) is 11.2. The zero-order chi connectivity index (χ0) is 16.1. The maximum absolute atomic E-state index is 11.7. The molecule has 120 valence electrons. The number of nitrogens with one attached hydrogen (secondary N) is 2. The van der Waals surface area contributed by atoms with Gasteiger partial charge in [-0.3, -0.25) is 9.78 Å². The summed E-state index contributed by atoms with van der Waals surface area (Å²) >= 11 is 0. The van der Waals surface area contributed by atoms with E-state index in [1.807, 2.05) is 12.1 Å². The van der Waals surface area contributed by atoms with Crippen molar-refractivity contribution >= 4 is 17.8 Å². The second kappa shape index (κ2) is 7.09. The summed E-state index contributed by atoms with van der Waals surface area (Å²) in [5, 5.41) is 5.86. The molecule has 0 aliphatic heterocycles. The van der Waals surface area contributed by atoms with E-state index in [0.717, 1.165) is 5.76 Å². The predicted molar refractivity (Wildman–Crippen MR) is 87.8 cm³/mol. The number of carbonyl (C=O) groups excluding carboxylic acids is 1. The van der Waals surface area contributed by atoms with Gasteiger partial charge in [0.1, 0.15) is 17.3 Å². The highest BCUT2D eigenvalue weighted by Gasteiger charge is 2.36. The zero-order valence-corrected chi connectivity index (χ0v) is 13.0. The van der Waals surface area contributed by atoms with Gasteiger partial charge in [0.25, 0.3) is 0 Å². The van der Waals surface area contributed by atoms with Gasteiger partial charge < -0.3 is 15.1 Å². The first-order valence-electron chi connectivity index (χ1n) is 7.78. The molecular weight excluding hydrogens is 292 g/mol. The number of hydrogen-bond acceptors (Lipinski definition) is 5. The number of hydrogen-bond donors (Lipinski definition) is 2. The van der Waals surface area contributed by atoms with Crippen molar-refractivity contribution in [2.45, 2.75) is 19.3 Å². The third-order valence-electron chi connectivity index (χ3n) is 3.81. The van der Waals surface area contributed by atoms with Crippen LogP contribution >= 0.6 is 0 Å². The van der Waals surface area contributed by atoms with Gasteiger partial charge in [-0.25, -0.2) is 4.98 Å². The van der Waals surface area contributed by atoms with Crippen molar-refractivity contribution in [3.63, 3.8) is 0 Å². The van der Waals surface area contributed by atoms with Crippen LogP contribution < -0.4 is 10.6 Å². The highest BCUT2D eigenvalue weighted by molar-refractivity contribution is 5.91. The molecule has 2 unspecified atom stereocenters.